The molecule has 0 aliphatic heterocycles. The molecule has 0 unspecified atom stereocenters. The van der Waals surface area contributed by atoms with Crippen molar-refractivity contribution in [3.63, 3.8) is 0 Å². The molecule has 0 amide bonds. The van der Waals surface area contributed by atoms with Crippen LogP contribution in [0.4, 0.5) is 4.39 Å². The van der Waals surface area contributed by atoms with E-state index >= 15 is 0 Å². The van der Waals surface area contributed by atoms with Crippen LogP contribution in [0.25, 0.3) is 0 Å². The van der Waals surface area contributed by atoms with Crippen molar-refractivity contribution >= 4 is 11.6 Å². The molecule has 0 aliphatic rings. The number of para-hydroxylation sites is 1. The number of rotatable bonds is 5. The Bertz CT molecular complexity index is 632. The summed E-state index contributed by atoms with van der Waals surface area (Å²) in [6, 6.07) is 13.6. The number of alkyl halides is 1. The summed E-state index contributed by atoms with van der Waals surface area (Å²) in [5, 5.41) is 0. The van der Waals surface area contributed by atoms with Crippen molar-refractivity contribution < 1.29 is 13.9 Å². The fourth-order valence-corrected chi connectivity index (χ4v) is 1.74. The molecule has 0 spiro atoms. The second kappa shape index (κ2) is 8.18. The minimum absolute atomic E-state index is 0.216. The maximum atomic E-state index is 13.3. The second-order valence-corrected chi connectivity index (χ2v) is 4.35. The summed E-state index contributed by atoms with van der Waals surface area (Å²) >= 11 is 5.52. The van der Waals surface area contributed by atoms with Crippen molar-refractivity contribution in [2.24, 2.45) is 0 Å². The van der Waals surface area contributed by atoms with Crippen LogP contribution in [0.3, 0.4) is 0 Å². The molecule has 0 atom stereocenters. The van der Waals surface area contributed by atoms with Crippen LogP contribution in [0.2, 0.25) is 0 Å². The van der Waals surface area contributed by atoms with E-state index in [2.05, 4.69) is 11.8 Å². The van der Waals surface area contributed by atoms with Crippen molar-refractivity contribution in [1.29, 1.82) is 0 Å². The minimum atomic E-state index is -0.370. The Balaban J connectivity index is 1.91. The number of halogens is 2. The van der Waals surface area contributed by atoms with Crippen LogP contribution in [-0.4, -0.2) is 19.1 Å². The fourth-order valence-electron chi connectivity index (χ4n) is 1.68. The van der Waals surface area contributed by atoms with Gasteiger partial charge < -0.3 is 9.47 Å². The lowest BCUT2D eigenvalue weighted by molar-refractivity contribution is 0.216. The molecule has 0 fully saturated rings. The maximum Gasteiger partial charge on any atom is 0.138 e. The summed E-state index contributed by atoms with van der Waals surface area (Å²) in [5.74, 6) is 6.56. The quantitative estimate of drug-likeness (QED) is 0.474. The van der Waals surface area contributed by atoms with Crippen molar-refractivity contribution in [1.82, 2.24) is 0 Å². The predicted molar refractivity (Wildman–Crippen MR) is 81.4 cm³/mol. The summed E-state index contributed by atoms with van der Waals surface area (Å²) < 4.78 is 24.3. The molecule has 2 aromatic rings. The first-order chi connectivity index (χ1) is 10.3. The molecule has 4 heteroatoms. The van der Waals surface area contributed by atoms with Crippen LogP contribution >= 0.6 is 11.6 Å². The van der Waals surface area contributed by atoms with Crippen molar-refractivity contribution in [3.05, 3.63) is 59.9 Å². The van der Waals surface area contributed by atoms with Crippen molar-refractivity contribution in [3.8, 4) is 23.3 Å². The van der Waals surface area contributed by atoms with Gasteiger partial charge in [-0.25, -0.2) is 4.39 Å². The normalized spacial score (nSPS) is 9.62. The van der Waals surface area contributed by atoms with Gasteiger partial charge >= 0.3 is 0 Å². The number of ether oxygens (including phenoxy) is 2. The Labute approximate surface area is 128 Å². The first-order valence-electron chi connectivity index (χ1n) is 6.44. The van der Waals surface area contributed by atoms with E-state index in [-0.39, 0.29) is 11.7 Å². The van der Waals surface area contributed by atoms with Crippen molar-refractivity contribution in [2.45, 2.75) is 0 Å². The second-order valence-electron chi connectivity index (χ2n) is 4.09. The van der Waals surface area contributed by atoms with Gasteiger partial charge in [0.15, 0.2) is 0 Å². The molecule has 2 nitrogen and oxygen atoms in total. The molecule has 0 aliphatic carbocycles. The monoisotopic (exact) mass is 304 g/mol. The smallest absolute Gasteiger partial charge is 0.138 e. The van der Waals surface area contributed by atoms with E-state index < -0.39 is 0 Å². The molecule has 0 saturated heterocycles. The number of benzene rings is 2. The van der Waals surface area contributed by atoms with E-state index in [1.54, 1.807) is 6.07 Å². The van der Waals surface area contributed by atoms with Crippen LogP contribution in [0.1, 0.15) is 5.56 Å². The van der Waals surface area contributed by atoms with Crippen LogP contribution < -0.4 is 9.47 Å². The molecule has 21 heavy (non-hydrogen) atoms. The molecule has 0 N–H and O–H groups in total. The highest BCUT2D eigenvalue weighted by atomic mass is 35.5. The molecule has 2 rings (SSSR count). The van der Waals surface area contributed by atoms with Crippen LogP contribution in [0, 0.1) is 17.7 Å². The van der Waals surface area contributed by atoms with E-state index in [4.69, 9.17) is 21.1 Å². The Hall–Kier alpha value is -2.18. The standard InChI is InChI=1S/C17H14ClFO2/c18-10-4-5-14-8-9-15(19)13-17(14)21-12-11-20-16-6-2-1-3-7-16/h1-3,6-9,13H,10-12H2. The third-order valence-electron chi connectivity index (χ3n) is 2.59. The third kappa shape index (κ3) is 5.02. The Morgan fingerprint density at radius 3 is 2.52 bits per heavy atom. The number of hydrogen-bond donors (Lipinski definition) is 0. The van der Waals surface area contributed by atoms with Gasteiger partial charge in [0.2, 0.25) is 0 Å². The zero-order chi connectivity index (χ0) is 14.9. The first-order valence-corrected chi connectivity index (χ1v) is 6.98. The van der Waals surface area contributed by atoms with Gasteiger partial charge in [-0.05, 0) is 24.3 Å². The maximum absolute atomic E-state index is 13.3. The zero-order valence-corrected chi connectivity index (χ0v) is 12.1. The Morgan fingerprint density at radius 1 is 1.00 bits per heavy atom. The third-order valence-corrected chi connectivity index (χ3v) is 2.72. The lowest BCUT2D eigenvalue weighted by Gasteiger charge is -2.10. The highest BCUT2D eigenvalue weighted by Gasteiger charge is 2.03. The van der Waals surface area contributed by atoms with E-state index in [1.165, 1.54) is 12.1 Å². The van der Waals surface area contributed by atoms with Gasteiger partial charge in [0.1, 0.15) is 30.5 Å². The summed E-state index contributed by atoms with van der Waals surface area (Å²) in [6.07, 6.45) is 0. The minimum Gasteiger partial charge on any atom is -0.490 e. The zero-order valence-electron chi connectivity index (χ0n) is 11.3. The topological polar surface area (TPSA) is 18.5 Å². The van der Waals surface area contributed by atoms with Crippen LogP contribution in [0.15, 0.2) is 48.5 Å². The molecular formula is C17H14ClFO2. The van der Waals surface area contributed by atoms with Gasteiger partial charge in [0.05, 0.1) is 11.4 Å². The first kappa shape index (κ1) is 15.2. The van der Waals surface area contributed by atoms with Gasteiger partial charge in [-0.15, -0.1) is 11.6 Å². The van der Waals surface area contributed by atoms with Crippen molar-refractivity contribution in [2.75, 3.05) is 19.1 Å². The lowest BCUT2D eigenvalue weighted by atomic mass is 10.2. The SMILES string of the molecule is Fc1ccc(C#CCCl)c(OCCOc2ccccc2)c1. The summed E-state index contributed by atoms with van der Waals surface area (Å²) in [4.78, 5) is 0. The fraction of sp³-hybridized carbons (Fsp3) is 0.176. The lowest BCUT2D eigenvalue weighted by Crippen LogP contribution is -2.09. The van der Waals surface area contributed by atoms with Crippen LogP contribution in [0.5, 0.6) is 11.5 Å². The van der Waals surface area contributed by atoms with E-state index in [0.29, 0.717) is 24.5 Å². The molecule has 0 saturated carbocycles. The van der Waals surface area contributed by atoms with Gasteiger partial charge in [-0.2, -0.15) is 0 Å². The predicted octanol–water partition coefficient (Wildman–Crippen LogP) is 3.87. The van der Waals surface area contributed by atoms with Gasteiger partial charge in [0.25, 0.3) is 0 Å². The molecule has 0 bridgehead atoms. The molecule has 2 aromatic carbocycles. The van der Waals surface area contributed by atoms with E-state index in [9.17, 15) is 4.39 Å². The van der Waals surface area contributed by atoms with Gasteiger partial charge in [0, 0.05) is 6.07 Å². The summed E-state index contributed by atoms with van der Waals surface area (Å²) in [7, 11) is 0. The summed E-state index contributed by atoms with van der Waals surface area (Å²) in [6.45, 7) is 0.663. The van der Waals surface area contributed by atoms with Gasteiger partial charge in [-0.3, -0.25) is 0 Å². The highest BCUT2D eigenvalue weighted by molar-refractivity contribution is 6.19. The van der Waals surface area contributed by atoms with Gasteiger partial charge in [-0.1, -0.05) is 30.0 Å². The summed E-state index contributed by atoms with van der Waals surface area (Å²) in [5.41, 5.74) is 0.608. The molecule has 0 radical (unpaired) electrons. The van der Waals surface area contributed by atoms with Crippen LogP contribution in [-0.2, 0) is 0 Å². The molecule has 108 valence electrons. The Morgan fingerprint density at radius 2 is 1.76 bits per heavy atom. The highest BCUT2D eigenvalue weighted by Crippen LogP contribution is 2.19. The molecule has 0 heterocycles. The number of hydrogen-bond acceptors (Lipinski definition) is 2. The molecule has 0 aromatic heterocycles. The average molecular weight is 305 g/mol. The molecular weight excluding hydrogens is 291 g/mol. The largest absolute Gasteiger partial charge is 0.490 e. The van der Waals surface area contributed by atoms with E-state index in [1.807, 2.05) is 30.3 Å². The Kier molecular flexibility index (Phi) is 5.93. The van der Waals surface area contributed by atoms with E-state index in [0.717, 1.165) is 5.75 Å². The average Bonchev–Trinajstić information content (AvgIpc) is 2.52.